The van der Waals surface area contributed by atoms with Gasteiger partial charge in [-0.1, -0.05) is 0 Å². The van der Waals surface area contributed by atoms with Crippen molar-refractivity contribution in [3.63, 3.8) is 0 Å². The number of nitrogens with zero attached hydrogens (tertiary/aromatic N) is 5. The van der Waals surface area contributed by atoms with Crippen LogP contribution in [0.25, 0.3) is 11.0 Å². The van der Waals surface area contributed by atoms with Gasteiger partial charge in [-0.05, 0) is 62.1 Å². The van der Waals surface area contributed by atoms with Gasteiger partial charge in [0.2, 0.25) is 0 Å². The minimum Gasteiger partial charge on any atom is -0.371 e. The van der Waals surface area contributed by atoms with Gasteiger partial charge in [0.25, 0.3) is 11.8 Å². The summed E-state index contributed by atoms with van der Waals surface area (Å²) < 4.78 is 54.2. The average molecular weight is 543 g/mol. The molecule has 1 amide bonds. The first-order valence-electron chi connectivity index (χ1n) is 13.2. The van der Waals surface area contributed by atoms with Crippen LogP contribution in [0, 0.1) is 5.41 Å². The van der Waals surface area contributed by atoms with Crippen LogP contribution in [0.1, 0.15) is 67.8 Å². The summed E-state index contributed by atoms with van der Waals surface area (Å²) in [6, 6.07) is 4.49. The first-order valence-corrected chi connectivity index (χ1v) is 14.7. The van der Waals surface area contributed by atoms with Crippen molar-refractivity contribution in [2.75, 3.05) is 23.3 Å². The first kappa shape index (κ1) is 23.9. The van der Waals surface area contributed by atoms with Crippen LogP contribution in [-0.4, -0.2) is 58.3 Å². The molecule has 0 atom stereocenters. The van der Waals surface area contributed by atoms with Crippen LogP contribution in [0.2, 0.25) is 0 Å². The molecule has 38 heavy (non-hydrogen) atoms. The fourth-order valence-electron chi connectivity index (χ4n) is 5.71. The normalized spacial score (nSPS) is 22.4. The van der Waals surface area contributed by atoms with Crippen molar-refractivity contribution in [3.8, 4) is 0 Å². The number of hydrogen-bond acceptors (Lipinski definition) is 7. The maximum absolute atomic E-state index is 13.5. The minimum atomic E-state index is -3.52. The average Bonchev–Trinajstić information content (AvgIpc) is 3.81. The van der Waals surface area contributed by atoms with Gasteiger partial charge < -0.3 is 10.2 Å². The van der Waals surface area contributed by atoms with Crippen molar-refractivity contribution in [1.29, 1.82) is 0 Å². The largest absolute Gasteiger partial charge is 0.371 e. The summed E-state index contributed by atoms with van der Waals surface area (Å²) in [7, 11) is -3.52. The minimum absolute atomic E-state index is 0.0130. The first-order chi connectivity index (χ1) is 18.1. The third kappa shape index (κ3) is 4.13. The molecule has 9 nitrogen and oxygen atoms in total. The molecule has 0 unspecified atom stereocenters. The van der Waals surface area contributed by atoms with Gasteiger partial charge in [-0.15, -0.1) is 0 Å². The summed E-state index contributed by atoms with van der Waals surface area (Å²) in [6.45, 7) is 1.51. The fourth-order valence-corrected chi connectivity index (χ4v) is 7.29. The lowest BCUT2D eigenvalue weighted by atomic mass is 9.88. The van der Waals surface area contributed by atoms with E-state index in [1.165, 1.54) is 23.7 Å². The molecule has 3 aromatic rings. The summed E-state index contributed by atoms with van der Waals surface area (Å²) in [5.74, 6) is -2.89. The van der Waals surface area contributed by atoms with Crippen molar-refractivity contribution >= 4 is 38.3 Å². The van der Waals surface area contributed by atoms with Crippen molar-refractivity contribution in [2.45, 2.75) is 73.6 Å². The van der Waals surface area contributed by atoms with E-state index in [1.807, 2.05) is 0 Å². The predicted octanol–water partition coefficient (Wildman–Crippen LogP) is 4.37. The number of pyridine rings is 2. The number of anilines is 2. The Labute approximate surface area is 218 Å². The molecule has 3 aliphatic carbocycles. The summed E-state index contributed by atoms with van der Waals surface area (Å²) in [5, 5.41) is 7.36. The Kier molecular flexibility index (Phi) is 5.15. The molecule has 4 fully saturated rings. The summed E-state index contributed by atoms with van der Waals surface area (Å²) in [5.41, 5.74) is 1.69. The molecule has 3 saturated carbocycles. The lowest BCUT2D eigenvalue weighted by Crippen LogP contribution is -2.37. The highest BCUT2D eigenvalue weighted by Crippen LogP contribution is 2.54. The molecule has 3 aromatic heterocycles. The van der Waals surface area contributed by atoms with Crippen LogP contribution in [0.3, 0.4) is 0 Å². The SMILES string of the molecule is O=C(Nc1ccc2cnn(C3CC(F)(F)C3)c2n1)c1cnc(S(=O)(=O)C2CC2)cc1N1CCC2(CC1)CC2. The van der Waals surface area contributed by atoms with Crippen LogP contribution in [0.15, 0.2) is 35.6 Å². The maximum Gasteiger partial charge on any atom is 0.260 e. The van der Waals surface area contributed by atoms with Crippen molar-refractivity contribution in [2.24, 2.45) is 5.41 Å². The van der Waals surface area contributed by atoms with Gasteiger partial charge in [0, 0.05) is 37.5 Å². The third-order valence-corrected chi connectivity index (χ3v) is 10.7. The summed E-state index contributed by atoms with van der Waals surface area (Å²) >= 11 is 0. The number of piperidine rings is 1. The van der Waals surface area contributed by atoms with Crippen LogP contribution < -0.4 is 10.2 Å². The van der Waals surface area contributed by atoms with Crippen molar-refractivity contribution in [1.82, 2.24) is 19.7 Å². The molecule has 1 N–H and O–H groups in total. The molecule has 1 aliphatic heterocycles. The Morgan fingerprint density at radius 3 is 2.45 bits per heavy atom. The fraction of sp³-hybridized carbons (Fsp3) is 0.538. The quantitative estimate of drug-likeness (QED) is 0.493. The Morgan fingerprint density at radius 1 is 1.05 bits per heavy atom. The molecular weight excluding hydrogens is 514 g/mol. The zero-order valence-corrected chi connectivity index (χ0v) is 21.6. The van der Waals surface area contributed by atoms with E-state index >= 15 is 0 Å². The number of rotatable bonds is 6. The van der Waals surface area contributed by atoms with Gasteiger partial charge in [0.15, 0.2) is 20.5 Å². The molecule has 200 valence electrons. The van der Waals surface area contributed by atoms with Gasteiger partial charge >= 0.3 is 0 Å². The predicted molar refractivity (Wildman–Crippen MR) is 136 cm³/mol. The second-order valence-corrected chi connectivity index (χ2v) is 13.5. The number of aromatic nitrogens is 4. The molecular formula is C26H28F2N6O3S. The molecule has 0 aromatic carbocycles. The number of halogens is 2. The lowest BCUT2D eigenvalue weighted by molar-refractivity contribution is -0.106. The van der Waals surface area contributed by atoms with Gasteiger partial charge in [-0.25, -0.2) is 31.8 Å². The third-order valence-electron chi connectivity index (χ3n) is 8.58. The van der Waals surface area contributed by atoms with Gasteiger partial charge in [-0.2, -0.15) is 5.10 Å². The van der Waals surface area contributed by atoms with Crippen LogP contribution in [0.5, 0.6) is 0 Å². The Bertz CT molecular complexity index is 1550. The molecule has 12 heteroatoms. The molecule has 4 aliphatic rings. The van der Waals surface area contributed by atoms with Crippen molar-refractivity contribution < 1.29 is 22.0 Å². The van der Waals surface area contributed by atoms with E-state index in [-0.39, 0.29) is 29.2 Å². The molecule has 1 spiro atoms. The molecule has 4 heterocycles. The standard InChI is InChI=1S/C26H28F2N6O3S/c27-26(28)12-17(13-26)34-23-16(14-30-34)1-4-21(31-23)32-24(35)19-15-29-22(38(36,37)18-2-3-18)11-20(19)33-9-7-25(5-6-25)8-10-33/h1,4,11,14-15,17-18H,2-3,5-10,12-13H2,(H,31,32,35). The van der Waals surface area contributed by atoms with Gasteiger partial charge in [0.1, 0.15) is 5.82 Å². The van der Waals surface area contributed by atoms with Gasteiger partial charge in [-0.3, -0.25) is 4.79 Å². The molecule has 1 saturated heterocycles. The Hall–Kier alpha value is -3.15. The van der Waals surface area contributed by atoms with E-state index in [1.54, 1.807) is 24.4 Å². The second kappa shape index (κ2) is 8.17. The monoisotopic (exact) mass is 542 g/mol. The van der Waals surface area contributed by atoms with E-state index in [4.69, 9.17) is 0 Å². The highest BCUT2D eigenvalue weighted by molar-refractivity contribution is 7.92. The number of amides is 1. The van der Waals surface area contributed by atoms with E-state index in [9.17, 15) is 22.0 Å². The highest BCUT2D eigenvalue weighted by Gasteiger charge is 2.47. The number of carbonyl (C=O) groups excluding carboxylic acids is 1. The number of carbonyl (C=O) groups is 1. The van der Waals surface area contributed by atoms with Crippen LogP contribution >= 0.6 is 0 Å². The number of sulfone groups is 1. The van der Waals surface area contributed by atoms with E-state index in [2.05, 4.69) is 25.3 Å². The van der Waals surface area contributed by atoms with Crippen LogP contribution in [0.4, 0.5) is 20.3 Å². The maximum atomic E-state index is 13.5. The van der Waals surface area contributed by atoms with E-state index in [0.29, 0.717) is 35.0 Å². The molecule has 0 radical (unpaired) electrons. The Balaban J connectivity index is 1.18. The second-order valence-electron chi connectivity index (χ2n) is 11.3. The number of hydrogen-bond donors (Lipinski definition) is 1. The number of nitrogens with one attached hydrogen (secondary N) is 1. The topological polar surface area (TPSA) is 110 Å². The zero-order valence-electron chi connectivity index (χ0n) is 20.7. The summed E-state index contributed by atoms with van der Waals surface area (Å²) in [6.07, 6.45) is 8.12. The highest BCUT2D eigenvalue weighted by atomic mass is 32.2. The molecule has 0 bridgehead atoms. The number of fused-ring (bicyclic) bond motifs is 1. The molecule has 7 rings (SSSR count). The Morgan fingerprint density at radius 2 is 1.79 bits per heavy atom. The van der Waals surface area contributed by atoms with E-state index in [0.717, 1.165) is 25.9 Å². The summed E-state index contributed by atoms with van der Waals surface area (Å²) in [4.78, 5) is 24.3. The smallest absolute Gasteiger partial charge is 0.260 e. The van der Waals surface area contributed by atoms with Gasteiger partial charge in [0.05, 0.1) is 28.7 Å². The van der Waals surface area contributed by atoms with Crippen molar-refractivity contribution in [3.05, 3.63) is 36.2 Å². The zero-order chi connectivity index (χ0) is 26.3. The number of alkyl halides is 2. The van der Waals surface area contributed by atoms with E-state index < -0.39 is 33.0 Å². The lowest BCUT2D eigenvalue weighted by Gasteiger charge is -2.35. The van der Waals surface area contributed by atoms with Crippen LogP contribution in [-0.2, 0) is 9.84 Å².